The van der Waals surface area contributed by atoms with Gasteiger partial charge in [-0.25, -0.2) is 14.1 Å². The van der Waals surface area contributed by atoms with Crippen molar-refractivity contribution in [3.05, 3.63) is 59.6 Å². The van der Waals surface area contributed by atoms with E-state index in [-0.39, 0.29) is 23.7 Å². The molecule has 4 aromatic heterocycles. The maximum atomic E-state index is 13.3. The van der Waals surface area contributed by atoms with Crippen LogP contribution >= 0.6 is 0 Å². The lowest BCUT2D eigenvalue weighted by molar-refractivity contribution is 0.0633. The zero-order valence-electron chi connectivity index (χ0n) is 19.8. The molecule has 4 aromatic rings. The van der Waals surface area contributed by atoms with Gasteiger partial charge in [-0.15, -0.1) is 10.2 Å². The first-order chi connectivity index (χ1) is 17.4. The predicted molar refractivity (Wildman–Crippen MR) is 128 cm³/mol. The van der Waals surface area contributed by atoms with Crippen LogP contribution in [0.5, 0.6) is 0 Å². The normalized spacial score (nSPS) is 19.1. The van der Waals surface area contributed by atoms with Crippen molar-refractivity contribution in [3.63, 3.8) is 0 Å². The Labute approximate surface area is 205 Å². The quantitative estimate of drug-likeness (QED) is 0.433. The van der Waals surface area contributed by atoms with E-state index in [4.69, 9.17) is 4.98 Å². The minimum Gasteiger partial charge on any atom is -0.337 e. The van der Waals surface area contributed by atoms with E-state index >= 15 is 0 Å². The summed E-state index contributed by atoms with van der Waals surface area (Å²) in [5, 5.41) is 22.4. The maximum absolute atomic E-state index is 13.3. The van der Waals surface area contributed by atoms with Crippen LogP contribution in [-0.2, 0) is 0 Å². The number of carbonyl (C=O) groups excluding carboxylic acids is 1. The molecule has 2 N–H and O–H groups in total. The molecule has 2 aliphatic rings. The van der Waals surface area contributed by atoms with Crippen molar-refractivity contribution >= 4 is 23.5 Å². The number of amides is 1. The highest BCUT2D eigenvalue weighted by Gasteiger charge is 2.44. The molecular formula is C23H24FN11O. The number of rotatable bonds is 5. The van der Waals surface area contributed by atoms with Crippen molar-refractivity contribution in [3.8, 4) is 5.82 Å². The Kier molecular flexibility index (Phi) is 5.31. The number of piperazine rings is 1. The van der Waals surface area contributed by atoms with Gasteiger partial charge >= 0.3 is 0 Å². The van der Waals surface area contributed by atoms with Crippen molar-refractivity contribution in [1.82, 2.24) is 45.0 Å². The lowest BCUT2D eigenvalue weighted by atomic mass is 10.1. The number of nitrogens with one attached hydrogen (secondary N) is 2. The van der Waals surface area contributed by atoms with Crippen LogP contribution in [-0.4, -0.2) is 76.1 Å². The predicted octanol–water partition coefficient (Wildman–Crippen LogP) is 2.17. The van der Waals surface area contributed by atoms with Gasteiger partial charge in [-0.1, -0.05) is 0 Å². The van der Waals surface area contributed by atoms with Crippen molar-refractivity contribution in [2.45, 2.75) is 38.8 Å². The lowest BCUT2D eigenvalue weighted by Gasteiger charge is -2.41. The number of hydrogen-bond donors (Lipinski definition) is 2. The molecule has 12 nitrogen and oxygen atoms in total. The van der Waals surface area contributed by atoms with Crippen LogP contribution in [0.25, 0.3) is 5.82 Å². The third-order valence-electron chi connectivity index (χ3n) is 6.46. The van der Waals surface area contributed by atoms with E-state index in [1.807, 2.05) is 30.9 Å². The van der Waals surface area contributed by atoms with Gasteiger partial charge in [0.1, 0.15) is 5.82 Å². The van der Waals surface area contributed by atoms with Crippen LogP contribution in [0, 0.1) is 19.7 Å². The average molecular weight is 490 g/mol. The van der Waals surface area contributed by atoms with E-state index < -0.39 is 5.82 Å². The summed E-state index contributed by atoms with van der Waals surface area (Å²) >= 11 is 0. The number of hydrogen-bond acceptors (Lipinski definition) is 9. The first kappa shape index (κ1) is 22.1. The summed E-state index contributed by atoms with van der Waals surface area (Å²) in [6.07, 6.45) is 4.09. The van der Waals surface area contributed by atoms with Crippen molar-refractivity contribution in [1.29, 1.82) is 0 Å². The van der Waals surface area contributed by atoms with Gasteiger partial charge in [0.2, 0.25) is 5.95 Å². The zero-order valence-corrected chi connectivity index (χ0v) is 19.8. The summed E-state index contributed by atoms with van der Waals surface area (Å²) in [5.41, 5.74) is 2.05. The van der Waals surface area contributed by atoms with Gasteiger partial charge in [-0.3, -0.25) is 9.89 Å². The Hall–Kier alpha value is -4.42. The summed E-state index contributed by atoms with van der Waals surface area (Å²) in [6.45, 7) is 5.13. The fourth-order valence-electron chi connectivity index (χ4n) is 4.89. The SMILES string of the molecule is Cc1cc(Nc2cc(C)[nH]n2)nc(N2CC3CCC(C2)N3C(=O)c2ccc(-n3cc(F)cn3)nn2)n1. The van der Waals surface area contributed by atoms with Gasteiger partial charge in [0.25, 0.3) is 5.91 Å². The minimum absolute atomic E-state index is 0.0208. The highest BCUT2D eigenvalue weighted by molar-refractivity contribution is 5.93. The second-order valence-electron chi connectivity index (χ2n) is 9.14. The number of nitrogens with zero attached hydrogens (tertiary/aromatic N) is 9. The standard InChI is InChI=1S/C23H24FN11O/c1-13-7-19(27-20-8-14(2)29-31-20)28-23(26-13)33-11-16-3-4-17(12-33)35(16)22(36)18-5-6-21(32-30-18)34-10-15(24)9-25-34/h5-10,16-17H,3-4,11-12H2,1-2H3,(H2,26,27,28,29,31). The molecule has 0 radical (unpaired) electrons. The summed E-state index contributed by atoms with van der Waals surface area (Å²) < 4.78 is 14.5. The highest BCUT2D eigenvalue weighted by Crippen LogP contribution is 2.33. The molecule has 0 saturated carbocycles. The molecule has 0 aromatic carbocycles. The number of aryl methyl sites for hydroxylation is 2. The molecule has 6 rings (SSSR count). The van der Waals surface area contributed by atoms with Crippen LogP contribution in [0.2, 0.25) is 0 Å². The summed E-state index contributed by atoms with van der Waals surface area (Å²) in [6, 6.07) is 7.04. The number of fused-ring (bicyclic) bond motifs is 2. The lowest BCUT2D eigenvalue weighted by Crippen LogP contribution is -2.56. The number of aromatic amines is 1. The molecule has 36 heavy (non-hydrogen) atoms. The molecule has 2 bridgehead atoms. The van der Waals surface area contributed by atoms with E-state index in [2.05, 4.69) is 40.7 Å². The molecule has 184 valence electrons. The fraction of sp³-hybridized carbons (Fsp3) is 0.348. The van der Waals surface area contributed by atoms with Crippen LogP contribution in [0.15, 0.2) is 36.7 Å². The third-order valence-corrected chi connectivity index (χ3v) is 6.46. The zero-order chi connectivity index (χ0) is 24.8. The average Bonchev–Trinajstić information content (AvgIpc) is 3.55. The second kappa shape index (κ2) is 8.66. The van der Waals surface area contributed by atoms with Crippen molar-refractivity contribution in [2.24, 2.45) is 0 Å². The first-order valence-electron chi connectivity index (χ1n) is 11.7. The Balaban J connectivity index is 1.18. The molecule has 1 amide bonds. The second-order valence-corrected chi connectivity index (χ2v) is 9.14. The maximum Gasteiger partial charge on any atom is 0.274 e. The van der Waals surface area contributed by atoms with E-state index in [9.17, 15) is 9.18 Å². The number of H-pyrrole nitrogens is 1. The van der Waals surface area contributed by atoms with E-state index in [1.165, 1.54) is 10.9 Å². The van der Waals surface area contributed by atoms with Gasteiger partial charge in [-0.2, -0.15) is 15.2 Å². The molecule has 2 atom stereocenters. The summed E-state index contributed by atoms with van der Waals surface area (Å²) in [5.74, 6) is 1.70. The van der Waals surface area contributed by atoms with Crippen molar-refractivity contribution in [2.75, 3.05) is 23.3 Å². The smallest absolute Gasteiger partial charge is 0.274 e. The van der Waals surface area contributed by atoms with Gasteiger partial charge in [-0.05, 0) is 38.8 Å². The molecule has 2 aliphatic heterocycles. The number of carbonyl (C=O) groups is 1. The summed E-state index contributed by atoms with van der Waals surface area (Å²) in [4.78, 5) is 26.8. The summed E-state index contributed by atoms with van der Waals surface area (Å²) in [7, 11) is 0. The van der Waals surface area contributed by atoms with Crippen LogP contribution in [0.1, 0.15) is 34.7 Å². The van der Waals surface area contributed by atoms with Crippen molar-refractivity contribution < 1.29 is 9.18 Å². The molecule has 0 aliphatic carbocycles. The molecule has 0 spiro atoms. The Morgan fingerprint density at radius 1 is 1.08 bits per heavy atom. The Morgan fingerprint density at radius 2 is 1.89 bits per heavy atom. The van der Waals surface area contributed by atoms with E-state index in [0.29, 0.717) is 36.5 Å². The molecule has 13 heteroatoms. The van der Waals surface area contributed by atoms with Gasteiger partial charge in [0.15, 0.2) is 23.1 Å². The van der Waals surface area contributed by atoms with Crippen LogP contribution < -0.4 is 10.2 Å². The Bertz CT molecular complexity index is 1400. The highest BCUT2D eigenvalue weighted by atomic mass is 19.1. The van der Waals surface area contributed by atoms with Gasteiger partial charge in [0.05, 0.1) is 24.5 Å². The first-order valence-corrected chi connectivity index (χ1v) is 11.7. The largest absolute Gasteiger partial charge is 0.337 e. The molecular weight excluding hydrogens is 465 g/mol. The van der Waals surface area contributed by atoms with E-state index in [0.717, 1.165) is 30.4 Å². The van der Waals surface area contributed by atoms with E-state index in [1.54, 1.807) is 12.1 Å². The molecule has 2 fully saturated rings. The van der Waals surface area contributed by atoms with Crippen LogP contribution in [0.4, 0.5) is 22.0 Å². The minimum atomic E-state index is -0.469. The topological polar surface area (TPSA) is 134 Å². The number of aromatic nitrogens is 8. The van der Waals surface area contributed by atoms with Crippen LogP contribution in [0.3, 0.4) is 0 Å². The molecule has 2 saturated heterocycles. The van der Waals surface area contributed by atoms with Gasteiger partial charge in [0, 0.05) is 36.6 Å². The molecule has 2 unspecified atom stereocenters. The number of anilines is 3. The van der Waals surface area contributed by atoms with Gasteiger partial charge < -0.3 is 15.1 Å². The monoisotopic (exact) mass is 489 g/mol. The fourth-order valence-corrected chi connectivity index (χ4v) is 4.89. The Morgan fingerprint density at radius 3 is 2.53 bits per heavy atom. The third kappa shape index (κ3) is 4.12. The molecule has 6 heterocycles. The number of halogens is 1.